The van der Waals surface area contributed by atoms with Crippen LogP contribution < -0.4 is 0 Å². The van der Waals surface area contributed by atoms with Gasteiger partial charge in [0.25, 0.3) is 0 Å². The van der Waals surface area contributed by atoms with Crippen LogP contribution in [0.15, 0.2) is 4.40 Å². The van der Waals surface area contributed by atoms with Gasteiger partial charge in [-0.05, 0) is 31.4 Å². The minimum Gasteiger partial charge on any atom is -0.235 e. The van der Waals surface area contributed by atoms with Crippen molar-refractivity contribution in [2.45, 2.75) is 39.4 Å². The van der Waals surface area contributed by atoms with E-state index in [1.165, 1.54) is 5.75 Å². The van der Waals surface area contributed by atoms with Crippen LogP contribution in [0.2, 0.25) is 0 Å². The largest absolute Gasteiger partial charge is 0.235 e. The van der Waals surface area contributed by atoms with E-state index in [4.69, 9.17) is 0 Å². The fourth-order valence-electron chi connectivity index (χ4n) is 1.39. The zero-order chi connectivity index (χ0) is 10.8. The molecule has 1 atom stereocenters. The molecule has 0 bridgehead atoms. The molecular formula is C10H19NOS2. The topological polar surface area (TPSA) is 29.4 Å². The van der Waals surface area contributed by atoms with Gasteiger partial charge in [-0.15, -0.1) is 0 Å². The van der Waals surface area contributed by atoms with Crippen LogP contribution in [0.1, 0.15) is 34.1 Å². The Hall–Kier alpha value is 0.170. The van der Waals surface area contributed by atoms with Crippen molar-refractivity contribution in [3.05, 3.63) is 0 Å². The third-order valence-electron chi connectivity index (χ3n) is 2.07. The van der Waals surface area contributed by atoms with Crippen molar-refractivity contribution in [2.75, 3.05) is 11.5 Å². The first-order valence-corrected chi connectivity index (χ1v) is 7.28. The van der Waals surface area contributed by atoms with E-state index in [1.807, 2.05) is 25.6 Å². The van der Waals surface area contributed by atoms with Gasteiger partial charge in [-0.2, -0.15) is 16.2 Å². The average molecular weight is 233 g/mol. The number of hydrogen-bond donors (Lipinski definition) is 0. The van der Waals surface area contributed by atoms with Crippen LogP contribution in [0.5, 0.6) is 0 Å². The molecular weight excluding hydrogens is 214 g/mol. The quantitative estimate of drug-likeness (QED) is 0.734. The summed E-state index contributed by atoms with van der Waals surface area (Å²) < 4.78 is 15.8. The Labute approximate surface area is 93.5 Å². The first-order chi connectivity index (χ1) is 6.41. The van der Waals surface area contributed by atoms with Crippen molar-refractivity contribution < 1.29 is 4.21 Å². The van der Waals surface area contributed by atoms with Gasteiger partial charge in [0.05, 0.1) is 5.25 Å². The second-order valence-electron chi connectivity index (χ2n) is 4.82. The Kier molecular flexibility index (Phi) is 4.19. The zero-order valence-electron chi connectivity index (χ0n) is 9.37. The molecule has 0 radical (unpaired) electrons. The fourth-order valence-corrected chi connectivity index (χ4v) is 3.23. The molecule has 0 aromatic carbocycles. The average Bonchev–Trinajstić information content (AvgIpc) is 2.01. The lowest BCUT2D eigenvalue weighted by molar-refractivity contribution is 0.440. The Morgan fingerprint density at radius 3 is 2.64 bits per heavy atom. The maximum absolute atomic E-state index is 11.5. The summed E-state index contributed by atoms with van der Waals surface area (Å²) in [6.45, 7) is 8.38. The Morgan fingerprint density at radius 1 is 1.50 bits per heavy atom. The van der Waals surface area contributed by atoms with Crippen molar-refractivity contribution in [2.24, 2.45) is 9.81 Å². The van der Waals surface area contributed by atoms with Gasteiger partial charge in [-0.1, -0.05) is 13.8 Å². The van der Waals surface area contributed by atoms with Gasteiger partial charge >= 0.3 is 0 Å². The predicted octanol–water partition coefficient (Wildman–Crippen LogP) is 2.66. The van der Waals surface area contributed by atoms with Gasteiger partial charge in [0.1, 0.15) is 11.0 Å². The predicted molar refractivity (Wildman–Crippen MR) is 66.4 cm³/mol. The molecule has 0 N–H and O–H groups in total. The maximum Gasteiger partial charge on any atom is 0.141 e. The Balaban J connectivity index is 2.65. The van der Waals surface area contributed by atoms with Crippen LogP contribution in [0, 0.1) is 5.41 Å². The van der Waals surface area contributed by atoms with Crippen LogP contribution in [0.3, 0.4) is 0 Å². The van der Waals surface area contributed by atoms with Gasteiger partial charge in [0, 0.05) is 11.5 Å². The fraction of sp³-hybridized carbons (Fsp3) is 0.900. The monoisotopic (exact) mass is 233 g/mol. The van der Waals surface area contributed by atoms with E-state index in [9.17, 15) is 4.21 Å². The van der Waals surface area contributed by atoms with E-state index >= 15 is 0 Å². The van der Waals surface area contributed by atoms with E-state index in [-0.39, 0.29) is 5.25 Å². The highest BCUT2D eigenvalue weighted by atomic mass is 32.2. The Bertz CT molecular complexity index is 259. The first kappa shape index (κ1) is 12.2. The minimum atomic E-state index is -1.03. The highest BCUT2D eigenvalue weighted by Crippen LogP contribution is 2.32. The van der Waals surface area contributed by atoms with E-state index in [1.54, 1.807) is 0 Å². The van der Waals surface area contributed by atoms with Gasteiger partial charge in [-0.3, -0.25) is 0 Å². The molecule has 1 fully saturated rings. The summed E-state index contributed by atoms with van der Waals surface area (Å²) in [7, 11) is -1.03. The van der Waals surface area contributed by atoms with Crippen LogP contribution in [-0.4, -0.2) is 26.7 Å². The van der Waals surface area contributed by atoms with Crippen LogP contribution >= 0.6 is 11.8 Å². The molecule has 2 nitrogen and oxygen atoms in total. The van der Waals surface area contributed by atoms with Gasteiger partial charge in [-0.25, -0.2) is 4.21 Å². The van der Waals surface area contributed by atoms with Crippen molar-refractivity contribution in [1.82, 2.24) is 0 Å². The third kappa shape index (κ3) is 3.73. The van der Waals surface area contributed by atoms with Crippen molar-refractivity contribution in [3.63, 3.8) is 0 Å². The van der Waals surface area contributed by atoms with E-state index in [0.29, 0.717) is 5.41 Å². The molecule has 0 aromatic heterocycles. The van der Waals surface area contributed by atoms with E-state index < -0.39 is 11.0 Å². The zero-order valence-corrected chi connectivity index (χ0v) is 11.0. The summed E-state index contributed by atoms with van der Waals surface area (Å²) in [5, 5.41) is 0.137. The number of thioether (sulfide) groups is 1. The number of hydrogen-bond acceptors (Lipinski definition) is 2. The highest BCUT2D eigenvalue weighted by molar-refractivity contribution is 8.00. The van der Waals surface area contributed by atoms with Crippen molar-refractivity contribution >= 4 is 28.5 Å². The van der Waals surface area contributed by atoms with E-state index in [2.05, 4.69) is 18.2 Å². The normalized spacial score (nSPS) is 26.8. The van der Waals surface area contributed by atoms with Crippen LogP contribution in [0.4, 0.5) is 0 Å². The molecule has 0 spiro atoms. The highest BCUT2D eigenvalue weighted by Gasteiger charge is 2.26. The second kappa shape index (κ2) is 4.79. The third-order valence-corrected chi connectivity index (χ3v) is 4.83. The lowest BCUT2D eigenvalue weighted by Crippen LogP contribution is -2.27. The first-order valence-electron chi connectivity index (χ1n) is 4.95. The van der Waals surface area contributed by atoms with Crippen molar-refractivity contribution in [1.29, 1.82) is 0 Å². The molecule has 4 heteroatoms. The smallest absolute Gasteiger partial charge is 0.141 e. The van der Waals surface area contributed by atoms with Gasteiger partial charge < -0.3 is 0 Å². The maximum atomic E-state index is 11.5. The van der Waals surface area contributed by atoms with Crippen molar-refractivity contribution in [3.8, 4) is 0 Å². The summed E-state index contributed by atoms with van der Waals surface area (Å²) in [5.41, 5.74) is 1.45. The lowest BCUT2D eigenvalue weighted by atomic mass is 9.89. The molecule has 1 heterocycles. The van der Waals surface area contributed by atoms with E-state index in [0.717, 1.165) is 17.9 Å². The molecule has 1 saturated heterocycles. The standard InChI is InChI=1S/C10H19NOS2/c1-8(2)14(12)11-9-5-10(3,4)7-13-6-9/h8H,5-7H2,1-4H3/b11-9-. The van der Waals surface area contributed by atoms with Gasteiger partial charge in [0.15, 0.2) is 0 Å². The molecule has 1 aliphatic heterocycles. The second-order valence-corrected chi connectivity index (χ2v) is 7.48. The van der Waals surface area contributed by atoms with Crippen LogP contribution in [0.25, 0.3) is 0 Å². The van der Waals surface area contributed by atoms with Crippen LogP contribution in [-0.2, 0) is 11.0 Å². The summed E-state index contributed by atoms with van der Waals surface area (Å²) in [5.74, 6) is 2.14. The minimum absolute atomic E-state index is 0.137. The molecule has 0 amide bonds. The molecule has 0 aromatic rings. The summed E-state index contributed by atoms with van der Waals surface area (Å²) in [4.78, 5) is 0. The molecule has 82 valence electrons. The number of rotatable bonds is 2. The summed E-state index contributed by atoms with van der Waals surface area (Å²) in [6, 6.07) is 0. The summed E-state index contributed by atoms with van der Waals surface area (Å²) in [6.07, 6.45) is 0.998. The molecule has 1 aliphatic rings. The molecule has 0 saturated carbocycles. The molecule has 14 heavy (non-hydrogen) atoms. The molecule has 1 rings (SSSR count). The molecule has 0 aliphatic carbocycles. The molecule has 1 unspecified atom stereocenters. The lowest BCUT2D eigenvalue weighted by Gasteiger charge is -2.29. The van der Waals surface area contributed by atoms with Gasteiger partial charge in [0.2, 0.25) is 0 Å². The SMILES string of the molecule is CC(C)S(=O)/N=C1\CSCC(C)(C)C1. The Morgan fingerprint density at radius 2 is 2.14 bits per heavy atom. The number of nitrogens with zero attached hydrogens (tertiary/aromatic N) is 1. The summed E-state index contributed by atoms with van der Waals surface area (Å²) >= 11 is 1.90.